The Hall–Kier alpha value is -3.75. The number of phenols is 2. The van der Waals surface area contributed by atoms with Crippen molar-refractivity contribution in [3.05, 3.63) is 40.6 Å². The lowest BCUT2D eigenvalue weighted by Crippen LogP contribution is -2.65. The van der Waals surface area contributed by atoms with Crippen LogP contribution in [0.2, 0.25) is 0 Å². The number of fused-ring (bicyclic) bond motifs is 1. The number of rotatable bonds is 9. The number of hydrogen-bond donors (Lipinski definition) is 9. The standard InChI is InChI=1S/C29H34O17/c1-40-16-3-10(4-17(41-2)21(16)34)14-7-13(33)20-12(32)5-11(6-15(20)43-14)42-28-26(39)24(37)27(19(9-31)45-28)46-29-25(38)23(36)22(35)18(8-30)44-29/h3-7,18-19,22-32,34-39H,8-9H2,1-2H3/t18-,19-,22-,23-,24-,25-,26-,27+,28-,29+/m0/s1. The van der Waals surface area contributed by atoms with Gasteiger partial charge in [-0.25, -0.2) is 0 Å². The Kier molecular flexibility index (Phi) is 9.89. The van der Waals surface area contributed by atoms with Crippen LogP contribution in [0.5, 0.6) is 28.7 Å². The van der Waals surface area contributed by atoms with Crippen LogP contribution in [0.1, 0.15) is 0 Å². The fourth-order valence-electron chi connectivity index (χ4n) is 5.28. The molecule has 2 aliphatic rings. The molecule has 0 spiro atoms. The Bertz CT molecular complexity index is 1560. The SMILES string of the molecule is COc1cc(-c2cc(=O)c3c(O)cc(O[C@H]4O[C@@H](CO)[C@@H](O[C@H]5O[C@@H](CO)[C@H](O)[C@H](O)[C@@H]5O)[C@@H](O)[C@@H]4O)cc3o2)cc(OC)c1O. The summed E-state index contributed by atoms with van der Waals surface area (Å²) >= 11 is 0. The van der Waals surface area contributed by atoms with Gasteiger partial charge in [0.2, 0.25) is 12.0 Å². The predicted molar refractivity (Wildman–Crippen MR) is 151 cm³/mol. The van der Waals surface area contributed by atoms with E-state index in [2.05, 4.69) is 0 Å². The van der Waals surface area contributed by atoms with Crippen LogP contribution >= 0.6 is 0 Å². The van der Waals surface area contributed by atoms with Crippen LogP contribution in [-0.4, -0.2) is 135 Å². The highest BCUT2D eigenvalue weighted by atomic mass is 16.7. The molecule has 5 rings (SSSR count). The fraction of sp³-hybridized carbons (Fsp3) is 0.483. The predicted octanol–water partition coefficient (Wildman–Crippen LogP) is -2.11. The van der Waals surface area contributed by atoms with Crippen LogP contribution in [0.3, 0.4) is 0 Å². The van der Waals surface area contributed by atoms with Gasteiger partial charge in [-0.05, 0) is 12.1 Å². The van der Waals surface area contributed by atoms with Gasteiger partial charge in [-0.1, -0.05) is 0 Å². The minimum atomic E-state index is -1.87. The summed E-state index contributed by atoms with van der Waals surface area (Å²) in [6, 6.07) is 6.15. The molecular weight excluding hydrogens is 620 g/mol. The molecule has 17 nitrogen and oxygen atoms in total. The van der Waals surface area contributed by atoms with Crippen molar-refractivity contribution in [3.8, 4) is 40.1 Å². The molecule has 1 aromatic heterocycles. The van der Waals surface area contributed by atoms with Gasteiger partial charge in [0.05, 0.1) is 27.4 Å². The quantitative estimate of drug-likeness (QED) is 0.119. The third-order valence-electron chi connectivity index (χ3n) is 7.76. The van der Waals surface area contributed by atoms with Crippen molar-refractivity contribution in [1.29, 1.82) is 0 Å². The second-order valence-electron chi connectivity index (χ2n) is 10.6. The topological polar surface area (TPSA) is 268 Å². The first kappa shape index (κ1) is 33.6. The molecule has 0 aliphatic carbocycles. The van der Waals surface area contributed by atoms with Gasteiger partial charge >= 0.3 is 0 Å². The highest BCUT2D eigenvalue weighted by Gasteiger charge is 2.51. The second-order valence-corrected chi connectivity index (χ2v) is 10.6. The monoisotopic (exact) mass is 654 g/mol. The zero-order valence-electron chi connectivity index (χ0n) is 24.4. The lowest BCUT2D eigenvalue weighted by molar-refractivity contribution is -0.352. The summed E-state index contributed by atoms with van der Waals surface area (Å²) < 4.78 is 38.3. The maximum absolute atomic E-state index is 13.0. The first-order valence-corrected chi connectivity index (χ1v) is 13.9. The number of aromatic hydroxyl groups is 2. The van der Waals surface area contributed by atoms with E-state index < -0.39 is 85.8 Å². The van der Waals surface area contributed by atoms with E-state index in [0.717, 1.165) is 12.1 Å². The third-order valence-corrected chi connectivity index (χ3v) is 7.76. The largest absolute Gasteiger partial charge is 0.507 e. The molecule has 10 atom stereocenters. The third kappa shape index (κ3) is 6.17. The Morgan fingerprint density at radius 2 is 1.35 bits per heavy atom. The van der Waals surface area contributed by atoms with Gasteiger partial charge in [0.1, 0.15) is 77.1 Å². The molecular formula is C29H34O17. The average Bonchev–Trinajstić information content (AvgIpc) is 3.04. The molecule has 2 fully saturated rings. The zero-order valence-corrected chi connectivity index (χ0v) is 24.4. The number of methoxy groups -OCH3 is 2. The molecule has 0 radical (unpaired) electrons. The van der Waals surface area contributed by atoms with Crippen molar-refractivity contribution >= 4 is 11.0 Å². The van der Waals surface area contributed by atoms with E-state index in [-0.39, 0.29) is 45.3 Å². The Balaban J connectivity index is 1.40. The van der Waals surface area contributed by atoms with Crippen LogP contribution in [0, 0.1) is 0 Å². The van der Waals surface area contributed by atoms with Crippen molar-refractivity contribution in [2.45, 2.75) is 61.4 Å². The molecule has 9 N–H and O–H groups in total. The van der Waals surface area contributed by atoms with Crippen molar-refractivity contribution in [3.63, 3.8) is 0 Å². The fourth-order valence-corrected chi connectivity index (χ4v) is 5.28. The van der Waals surface area contributed by atoms with Gasteiger partial charge < -0.3 is 78.8 Å². The lowest BCUT2D eigenvalue weighted by atomic mass is 9.97. The summed E-state index contributed by atoms with van der Waals surface area (Å²) in [5, 5.41) is 92.1. The van der Waals surface area contributed by atoms with Crippen molar-refractivity contribution in [2.24, 2.45) is 0 Å². The van der Waals surface area contributed by atoms with Crippen LogP contribution in [0.4, 0.5) is 0 Å². The molecule has 2 aromatic carbocycles. The second kappa shape index (κ2) is 13.5. The average molecular weight is 655 g/mol. The van der Waals surface area contributed by atoms with Crippen LogP contribution < -0.4 is 19.6 Å². The maximum Gasteiger partial charge on any atom is 0.229 e. The number of hydrogen-bond acceptors (Lipinski definition) is 17. The number of benzene rings is 2. The van der Waals surface area contributed by atoms with E-state index in [9.17, 15) is 50.8 Å². The lowest BCUT2D eigenvalue weighted by Gasteiger charge is -2.45. The van der Waals surface area contributed by atoms with E-state index in [1.54, 1.807) is 0 Å². The van der Waals surface area contributed by atoms with Crippen molar-refractivity contribution in [2.75, 3.05) is 27.4 Å². The van der Waals surface area contributed by atoms with Gasteiger partial charge in [-0.15, -0.1) is 0 Å². The van der Waals surface area contributed by atoms with E-state index in [1.807, 2.05) is 0 Å². The Labute approximate surface area is 259 Å². The van der Waals surface area contributed by atoms with Crippen LogP contribution in [0.25, 0.3) is 22.3 Å². The summed E-state index contributed by atoms with van der Waals surface area (Å²) in [6.45, 7) is -1.54. The van der Waals surface area contributed by atoms with Gasteiger partial charge in [-0.3, -0.25) is 4.79 Å². The maximum atomic E-state index is 13.0. The first-order valence-electron chi connectivity index (χ1n) is 13.9. The molecule has 0 amide bonds. The van der Waals surface area contributed by atoms with Crippen LogP contribution in [0.15, 0.2) is 39.5 Å². The zero-order chi connectivity index (χ0) is 33.4. The van der Waals surface area contributed by atoms with E-state index in [0.29, 0.717) is 0 Å². The van der Waals surface area contributed by atoms with Crippen molar-refractivity contribution < 1.29 is 78.8 Å². The first-order chi connectivity index (χ1) is 21.9. The minimum absolute atomic E-state index is 0.00329. The summed E-state index contributed by atoms with van der Waals surface area (Å²) in [4.78, 5) is 13.0. The molecule has 0 unspecified atom stereocenters. The molecule has 2 saturated heterocycles. The van der Waals surface area contributed by atoms with Gasteiger partial charge in [0.25, 0.3) is 0 Å². The minimum Gasteiger partial charge on any atom is -0.507 e. The highest BCUT2D eigenvalue weighted by molar-refractivity contribution is 5.86. The van der Waals surface area contributed by atoms with E-state index in [1.165, 1.54) is 32.4 Å². The molecule has 3 heterocycles. The normalized spacial score (nSPS) is 31.5. The summed E-state index contributed by atoms with van der Waals surface area (Å²) in [5.41, 5.74) is -0.511. The van der Waals surface area contributed by atoms with Crippen molar-refractivity contribution in [1.82, 2.24) is 0 Å². The molecule has 0 saturated carbocycles. The smallest absolute Gasteiger partial charge is 0.229 e. The highest BCUT2D eigenvalue weighted by Crippen LogP contribution is 2.41. The number of phenolic OH excluding ortho intramolecular Hbond substituents is 2. The van der Waals surface area contributed by atoms with Gasteiger partial charge in [0, 0.05) is 23.8 Å². The summed E-state index contributed by atoms with van der Waals surface area (Å²) in [6.07, 6.45) is -16.7. The Morgan fingerprint density at radius 3 is 1.96 bits per heavy atom. The number of aliphatic hydroxyl groups is 7. The molecule has 2 aliphatic heterocycles. The Morgan fingerprint density at radius 1 is 0.739 bits per heavy atom. The molecule has 0 bridgehead atoms. The molecule has 252 valence electrons. The number of ether oxygens (including phenoxy) is 6. The summed E-state index contributed by atoms with van der Waals surface area (Å²) in [7, 11) is 2.64. The number of aliphatic hydroxyl groups excluding tert-OH is 7. The van der Waals surface area contributed by atoms with Gasteiger partial charge in [0.15, 0.2) is 23.2 Å². The van der Waals surface area contributed by atoms with E-state index in [4.69, 9.17) is 32.8 Å². The molecule has 3 aromatic rings. The molecule has 46 heavy (non-hydrogen) atoms. The summed E-state index contributed by atoms with van der Waals surface area (Å²) in [5.74, 6) is -0.948. The van der Waals surface area contributed by atoms with Crippen LogP contribution in [-0.2, 0) is 14.2 Å². The molecule has 17 heteroatoms. The van der Waals surface area contributed by atoms with Gasteiger partial charge in [-0.2, -0.15) is 0 Å². The van der Waals surface area contributed by atoms with E-state index >= 15 is 0 Å².